The molecule has 96 valence electrons. The molecule has 4 nitrogen and oxygen atoms in total. The minimum Gasteiger partial charge on any atom is -0.495 e. The third-order valence-electron chi connectivity index (χ3n) is 2.67. The van der Waals surface area contributed by atoms with Gasteiger partial charge in [0.2, 0.25) is 0 Å². The van der Waals surface area contributed by atoms with Gasteiger partial charge in [0, 0.05) is 5.75 Å². The van der Waals surface area contributed by atoms with Gasteiger partial charge in [-0.2, -0.15) is 0 Å². The molecule has 2 aromatic rings. The summed E-state index contributed by atoms with van der Waals surface area (Å²) in [7, 11) is 1.61. The van der Waals surface area contributed by atoms with Crippen LogP contribution in [0, 0.1) is 13.8 Å². The van der Waals surface area contributed by atoms with Gasteiger partial charge in [-0.15, -0.1) is 0 Å². The van der Waals surface area contributed by atoms with Crippen LogP contribution < -0.4 is 10.5 Å². The number of rotatable bonds is 4. The Morgan fingerprint density at radius 2 is 2.17 bits per heavy atom. The number of aryl methyl sites for hydroxylation is 2. The van der Waals surface area contributed by atoms with E-state index < -0.39 is 0 Å². The number of thioether (sulfide) groups is 1. The molecule has 0 spiro atoms. The molecular formula is C13H16N2O2S. The summed E-state index contributed by atoms with van der Waals surface area (Å²) in [6.07, 6.45) is 0. The number of hydrogen-bond donors (Lipinski definition) is 1. The highest BCUT2D eigenvalue weighted by atomic mass is 32.2. The van der Waals surface area contributed by atoms with Crippen LogP contribution in [0.1, 0.15) is 17.0 Å². The smallest absolute Gasteiger partial charge is 0.256 e. The second-order valence-electron chi connectivity index (χ2n) is 3.99. The molecule has 1 aromatic heterocycles. The first-order valence-corrected chi connectivity index (χ1v) is 6.58. The van der Waals surface area contributed by atoms with E-state index in [1.165, 1.54) is 0 Å². The summed E-state index contributed by atoms with van der Waals surface area (Å²) in [6.45, 7) is 3.85. The maximum absolute atomic E-state index is 5.86. The average Bonchev–Trinajstić information content (AvgIpc) is 2.66. The maximum Gasteiger partial charge on any atom is 0.256 e. The van der Waals surface area contributed by atoms with Gasteiger partial charge in [0.15, 0.2) is 0 Å². The van der Waals surface area contributed by atoms with Gasteiger partial charge in [0.1, 0.15) is 11.5 Å². The number of oxazole rings is 1. The summed E-state index contributed by atoms with van der Waals surface area (Å²) >= 11 is 1.56. The minimum atomic E-state index is 0.648. The quantitative estimate of drug-likeness (QED) is 0.679. The van der Waals surface area contributed by atoms with Gasteiger partial charge in [-0.1, -0.05) is 17.8 Å². The third kappa shape index (κ3) is 2.79. The Bertz CT molecular complexity index is 532. The van der Waals surface area contributed by atoms with Crippen molar-refractivity contribution < 1.29 is 9.15 Å². The van der Waals surface area contributed by atoms with Crippen LogP contribution in [0.2, 0.25) is 0 Å². The zero-order valence-electron chi connectivity index (χ0n) is 10.7. The van der Waals surface area contributed by atoms with E-state index in [0.717, 1.165) is 22.8 Å². The number of aromatic nitrogens is 1. The first-order valence-electron chi connectivity index (χ1n) is 5.59. The van der Waals surface area contributed by atoms with Gasteiger partial charge in [-0.3, -0.25) is 0 Å². The predicted molar refractivity (Wildman–Crippen MR) is 72.9 cm³/mol. The second kappa shape index (κ2) is 5.35. The summed E-state index contributed by atoms with van der Waals surface area (Å²) in [5.74, 6) is 2.34. The monoisotopic (exact) mass is 264 g/mol. The molecule has 0 atom stereocenters. The lowest BCUT2D eigenvalue weighted by Gasteiger charge is -2.06. The maximum atomic E-state index is 5.86. The lowest BCUT2D eigenvalue weighted by atomic mass is 10.2. The van der Waals surface area contributed by atoms with Gasteiger partial charge < -0.3 is 14.9 Å². The zero-order valence-corrected chi connectivity index (χ0v) is 11.5. The first-order chi connectivity index (χ1) is 8.60. The molecule has 1 aromatic carbocycles. The summed E-state index contributed by atoms with van der Waals surface area (Å²) < 4.78 is 10.6. The molecular weight excluding hydrogens is 248 g/mol. The Hall–Kier alpha value is -1.62. The van der Waals surface area contributed by atoms with E-state index in [-0.39, 0.29) is 0 Å². The van der Waals surface area contributed by atoms with Crippen molar-refractivity contribution in [2.75, 3.05) is 12.8 Å². The van der Waals surface area contributed by atoms with Crippen LogP contribution in [-0.4, -0.2) is 12.1 Å². The summed E-state index contributed by atoms with van der Waals surface area (Å²) in [5.41, 5.74) is 8.56. The standard InChI is InChI=1S/C13H16N2O2S/c1-8-9(2)17-13(15-8)18-7-10-4-5-12(16-3)11(14)6-10/h4-6H,7,14H2,1-3H3. The van der Waals surface area contributed by atoms with Gasteiger partial charge >= 0.3 is 0 Å². The summed E-state index contributed by atoms with van der Waals surface area (Å²) in [4.78, 5) is 4.32. The number of hydrogen-bond acceptors (Lipinski definition) is 5. The van der Waals surface area contributed by atoms with Crippen molar-refractivity contribution in [1.29, 1.82) is 0 Å². The minimum absolute atomic E-state index is 0.648. The van der Waals surface area contributed by atoms with Crippen LogP contribution in [-0.2, 0) is 5.75 Å². The van der Waals surface area contributed by atoms with Crippen molar-refractivity contribution in [3.05, 3.63) is 35.2 Å². The number of benzene rings is 1. The number of anilines is 1. The van der Waals surface area contributed by atoms with Gasteiger partial charge in [0.05, 0.1) is 18.5 Å². The molecule has 0 saturated carbocycles. The molecule has 0 aliphatic rings. The van der Waals surface area contributed by atoms with Crippen LogP contribution in [0.4, 0.5) is 5.69 Å². The molecule has 0 bridgehead atoms. The van der Waals surface area contributed by atoms with Crippen molar-refractivity contribution in [2.45, 2.75) is 24.8 Å². The van der Waals surface area contributed by atoms with E-state index in [0.29, 0.717) is 16.7 Å². The fourth-order valence-corrected chi connectivity index (χ4v) is 2.38. The molecule has 2 rings (SSSR count). The Morgan fingerprint density at radius 3 is 2.72 bits per heavy atom. The average molecular weight is 264 g/mol. The molecule has 18 heavy (non-hydrogen) atoms. The van der Waals surface area contributed by atoms with Crippen molar-refractivity contribution in [3.63, 3.8) is 0 Å². The van der Waals surface area contributed by atoms with Crippen molar-refractivity contribution in [2.24, 2.45) is 0 Å². The van der Waals surface area contributed by atoms with E-state index in [4.69, 9.17) is 14.9 Å². The Morgan fingerprint density at radius 1 is 1.39 bits per heavy atom. The molecule has 1 heterocycles. The lowest BCUT2D eigenvalue weighted by Crippen LogP contribution is -1.93. The molecule has 0 fully saturated rings. The molecule has 0 saturated heterocycles. The van der Waals surface area contributed by atoms with E-state index in [1.54, 1.807) is 18.9 Å². The Labute approximate surface area is 111 Å². The fourth-order valence-electron chi connectivity index (χ4n) is 1.52. The Kier molecular flexibility index (Phi) is 3.81. The summed E-state index contributed by atoms with van der Waals surface area (Å²) in [6, 6.07) is 5.77. The first kappa shape index (κ1) is 12.8. The number of methoxy groups -OCH3 is 1. The van der Waals surface area contributed by atoms with Crippen LogP contribution in [0.15, 0.2) is 27.8 Å². The topological polar surface area (TPSA) is 61.3 Å². The molecule has 0 amide bonds. The summed E-state index contributed by atoms with van der Waals surface area (Å²) in [5, 5.41) is 0.694. The van der Waals surface area contributed by atoms with Gasteiger partial charge in [0.25, 0.3) is 5.22 Å². The SMILES string of the molecule is COc1ccc(CSc2nc(C)c(C)o2)cc1N. The highest BCUT2D eigenvalue weighted by Crippen LogP contribution is 2.27. The van der Waals surface area contributed by atoms with Crippen molar-refractivity contribution in [3.8, 4) is 5.75 Å². The zero-order chi connectivity index (χ0) is 13.1. The number of nitrogens with zero attached hydrogens (tertiary/aromatic N) is 1. The van der Waals surface area contributed by atoms with Crippen LogP contribution in [0.5, 0.6) is 5.75 Å². The van der Waals surface area contributed by atoms with E-state index >= 15 is 0 Å². The highest BCUT2D eigenvalue weighted by Gasteiger charge is 2.07. The number of nitrogens with two attached hydrogens (primary N) is 1. The van der Waals surface area contributed by atoms with Gasteiger partial charge in [-0.25, -0.2) is 4.98 Å². The molecule has 0 radical (unpaired) electrons. The molecule has 0 aliphatic heterocycles. The molecule has 2 N–H and O–H groups in total. The molecule has 0 unspecified atom stereocenters. The van der Waals surface area contributed by atoms with E-state index in [9.17, 15) is 0 Å². The third-order valence-corrected chi connectivity index (χ3v) is 3.56. The Balaban J connectivity index is 2.04. The number of nitrogen functional groups attached to an aromatic ring is 1. The van der Waals surface area contributed by atoms with Gasteiger partial charge in [-0.05, 0) is 31.5 Å². The molecule has 5 heteroatoms. The highest BCUT2D eigenvalue weighted by molar-refractivity contribution is 7.98. The van der Waals surface area contributed by atoms with E-state index in [2.05, 4.69) is 4.98 Å². The van der Waals surface area contributed by atoms with Crippen molar-refractivity contribution >= 4 is 17.4 Å². The lowest BCUT2D eigenvalue weighted by molar-refractivity contribution is 0.417. The number of ether oxygens (including phenoxy) is 1. The van der Waals surface area contributed by atoms with Crippen LogP contribution in [0.3, 0.4) is 0 Å². The largest absolute Gasteiger partial charge is 0.495 e. The second-order valence-corrected chi connectivity index (χ2v) is 4.91. The van der Waals surface area contributed by atoms with Crippen LogP contribution >= 0.6 is 11.8 Å². The molecule has 0 aliphatic carbocycles. The predicted octanol–water partition coefficient (Wildman–Crippen LogP) is 3.17. The van der Waals surface area contributed by atoms with Crippen molar-refractivity contribution in [1.82, 2.24) is 4.98 Å². The fraction of sp³-hybridized carbons (Fsp3) is 0.308. The van der Waals surface area contributed by atoms with Crippen LogP contribution in [0.25, 0.3) is 0 Å². The normalized spacial score (nSPS) is 10.6. The van der Waals surface area contributed by atoms with E-state index in [1.807, 2.05) is 32.0 Å².